The third-order valence-corrected chi connectivity index (χ3v) is 20.4. The van der Waals surface area contributed by atoms with Gasteiger partial charge in [0.15, 0.2) is 0 Å². The zero-order valence-corrected chi connectivity index (χ0v) is 51.1. The van der Waals surface area contributed by atoms with E-state index in [2.05, 4.69) is 274 Å². The van der Waals surface area contributed by atoms with E-state index in [4.69, 9.17) is 0 Å². The number of aryl methyl sites for hydroxylation is 1. The molecule has 12 rings (SSSR count). The van der Waals surface area contributed by atoms with Crippen LogP contribution in [-0.2, 0) is 37.9 Å². The third-order valence-electron chi connectivity index (χ3n) is 20.4. The molecular weight excluding hydrogens is 942 g/mol. The van der Waals surface area contributed by atoms with Gasteiger partial charge in [-0.05, 0) is 193 Å². The molecule has 0 bridgehead atoms. The Balaban J connectivity index is 1.21. The number of benzene rings is 7. The molecule has 3 aliphatic heterocycles. The molecule has 2 atom stereocenters. The largest absolute Gasteiger partial charge is 0.334 e. The molecule has 78 heavy (non-hydrogen) atoms. The first-order valence-corrected chi connectivity index (χ1v) is 29.7. The molecule has 0 N–H and O–H groups in total. The number of anilines is 8. The highest BCUT2D eigenvalue weighted by atomic mass is 15.3. The highest BCUT2D eigenvalue weighted by Gasteiger charge is 2.60. The van der Waals surface area contributed by atoms with Crippen LogP contribution >= 0.6 is 0 Å². The Hall–Kier alpha value is -6.00. The van der Waals surface area contributed by atoms with Crippen LogP contribution in [0.5, 0.6) is 0 Å². The third kappa shape index (κ3) is 7.85. The zero-order valence-electron chi connectivity index (χ0n) is 51.1. The summed E-state index contributed by atoms with van der Waals surface area (Å²) in [7, 11) is 0. The van der Waals surface area contributed by atoms with Gasteiger partial charge in [0, 0.05) is 50.8 Å². The molecular formula is C74H88BN3. The van der Waals surface area contributed by atoms with E-state index in [9.17, 15) is 0 Å². The fourth-order valence-electron chi connectivity index (χ4n) is 15.0. The van der Waals surface area contributed by atoms with Gasteiger partial charge in [0.1, 0.15) is 0 Å². The van der Waals surface area contributed by atoms with Gasteiger partial charge < -0.3 is 14.7 Å². The van der Waals surface area contributed by atoms with E-state index in [1.165, 1.54) is 130 Å². The number of hydrogen-bond acceptors (Lipinski definition) is 3. The highest BCUT2D eigenvalue weighted by molar-refractivity contribution is 7.00. The van der Waals surface area contributed by atoms with Crippen LogP contribution in [0.25, 0.3) is 11.1 Å². The van der Waals surface area contributed by atoms with Crippen molar-refractivity contribution >= 4 is 68.6 Å². The van der Waals surface area contributed by atoms with Gasteiger partial charge in [-0.1, -0.05) is 197 Å². The van der Waals surface area contributed by atoms with Gasteiger partial charge in [-0.15, -0.1) is 0 Å². The number of hydrogen-bond donors (Lipinski definition) is 0. The SMILES string of the molecule is Cc1cc(C(C)(C)C)ccc1N1c2cc(N3c4ccc(C(C)(C)C)cc4C4(C)CCCC34C)ccc2B2c3cc4c(cc3N(c3ccc(C(C)(C)C)cc3-c3ccccc3)c3cc(C(C)(C)C)cc1c32)C(C)(C)CCC4(C)C. The molecule has 3 nitrogen and oxygen atoms in total. The van der Waals surface area contributed by atoms with Gasteiger partial charge in [-0.2, -0.15) is 0 Å². The molecule has 7 aromatic rings. The molecule has 3 heterocycles. The van der Waals surface area contributed by atoms with Gasteiger partial charge in [0.25, 0.3) is 6.71 Å². The number of rotatable bonds is 4. The standard InChI is InChI=1S/C74H88BN3/c1-46-38-48(67(2,3)4)26-31-59(46)76-62-43-52(78-61-33-28-50(69(8,9)10)40-56(61)73(18)34-23-35-74(73,78)19)29-30-57(62)75-58-44-54-55(72(16,17)37-36-71(54,14)15)45-63(58)77(65-42-51(70(11,12)13)41-64(76)66(65)75)60-32-27-49(68(5,6)7)39-53(60)47-24-21-20-22-25-47/h20-22,24-33,38-45H,23,34-37H2,1-19H3. The van der Waals surface area contributed by atoms with Crippen LogP contribution in [0.3, 0.4) is 0 Å². The second-order valence-corrected chi connectivity index (χ2v) is 30.6. The van der Waals surface area contributed by atoms with E-state index in [1.807, 2.05) is 0 Å². The Morgan fingerprint density at radius 3 is 1.53 bits per heavy atom. The van der Waals surface area contributed by atoms with Crippen molar-refractivity contribution in [3.63, 3.8) is 0 Å². The average Bonchev–Trinajstić information content (AvgIpc) is 3.48. The molecule has 5 aliphatic rings. The molecule has 0 saturated heterocycles. The lowest BCUT2D eigenvalue weighted by molar-refractivity contribution is 0.330. The van der Waals surface area contributed by atoms with Crippen molar-refractivity contribution in [2.75, 3.05) is 14.7 Å². The predicted molar refractivity (Wildman–Crippen MR) is 339 cm³/mol. The number of fused-ring (bicyclic) bond motifs is 8. The Morgan fingerprint density at radius 2 is 0.936 bits per heavy atom. The first kappa shape index (κ1) is 52.7. The lowest BCUT2D eigenvalue weighted by Crippen LogP contribution is -2.62. The summed E-state index contributed by atoms with van der Waals surface area (Å²) in [6.45, 7) is 45.9. The maximum absolute atomic E-state index is 2.80. The Labute approximate surface area is 471 Å². The summed E-state index contributed by atoms with van der Waals surface area (Å²) in [5.41, 5.74) is 28.1. The molecule has 4 heteroatoms. The minimum atomic E-state index is -0.154. The predicted octanol–water partition coefficient (Wildman–Crippen LogP) is 18.6. The van der Waals surface area contributed by atoms with E-state index in [0.29, 0.717) is 0 Å². The highest BCUT2D eigenvalue weighted by Crippen LogP contribution is 2.63. The molecule has 0 radical (unpaired) electrons. The second kappa shape index (κ2) is 17.0. The minimum Gasteiger partial charge on any atom is -0.334 e. The van der Waals surface area contributed by atoms with Crippen molar-refractivity contribution in [1.82, 2.24) is 0 Å². The fraction of sp³-hybridized carbons (Fsp3) is 0.432. The molecule has 0 aromatic heterocycles. The van der Waals surface area contributed by atoms with Crippen LogP contribution in [0, 0.1) is 6.92 Å². The van der Waals surface area contributed by atoms with Crippen LogP contribution in [0.4, 0.5) is 45.5 Å². The molecule has 7 aromatic carbocycles. The lowest BCUT2D eigenvalue weighted by Gasteiger charge is -2.48. The van der Waals surface area contributed by atoms with E-state index in [0.717, 1.165) is 19.3 Å². The quantitative estimate of drug-likeness (QED) is 0.163. The van der Waals surface area contributed by atoms with Crippen LogP contribution in [-0.4, -0.2) is 12.3 Å². The van der Waals surface area contributed by atoms with Crippen molar-refractivity contribution in [1.29, 1.82) is 0 Å². The first-order chi connectivity index (χ1) is 36.3. The first-order valence-electron chi connectivity index (χ1n) is 29.7. The van der Waals surface area contributed by atoms with E-state index >= 15 is 0 Å². The summed E-state index contributed by atoms with van der Waals surface area (Å²) in [4.78, 5) is 8.25. The van der Waals surface area contributed by atoms with Crippen molar-refractivity contribution in [3.05, 3.63) is 172 Å². The topological polar surface area (TPSA) is 9.72 Å². The normalized spacial score (nSPS) is 21.0. The van der Waals surface area contributed by atoms with Gasteiger partial charge in [0.05, 0.1) is 11.2 Å². The van der Waals surface area contributed by atoms with Crippen LogP contribution in [0.1, 0.15) is 201 Å². The summed E-state index contributed by atoms with van der Waals surface area (Å²) in [6, 6.07) is 51.7. The smallest absolute Gasteiger partial charge is 0.252 e. The summed E-state index contributed by atoms with van der Waals surface area (Å²) in [6.07, 6.45) is 5.89. The van der Waals surface area contributed by atoms with Crippen molar-refractivity contribution < 1.29 is 0 Å². The van der Waals surface area contributed by atoms with Crippen molar-refractivity contribution in [2.24, 2.45) is 0 Å². The van der Waals surface area contributed by atoms with Crippen LogP contribution in [0.2, 0.25) is 0 Å². The van der Waals surface area contributed by atoms with Crippen LogP contribution < -0.4 is 31.1 Å². The minimum absolute atomic E-state index is 0.0107. The molecule has 1 saturated carbocycles. The average molecular weight is 1030 g/mol. The summed E-state index contributed by atoms with van der Waals surface area (Å²) < 4.78 is 0. The second-order valence-electron chi connectivity index (χ2n) is 30.6. The molecule has 0 amide bonds. The maximum atomic E-state index is 2.80. The van der Waals surface area contributed by atoms with Gasteiger partial charge in [-0.25, -0.2) is 0 Å². The number of nitrogens with zero attached hydrogens (tertiary/aromatic N) is 3. The summed E-state index contributed by atoms with van der Waals surface area (Å²) in [5.74, 6) is 0. The van der Waals surface area contributed by atoms with Crippen LogP contribution in [0.15, 0.2) is 127 Å². The van der Waals surface area contributed by atoms with Gasteiger partial charge in [0.2, 0.25) is 0 Å². The summed E-state index contributed by atoms with van der Waals surface area (Å²) in [5, 5.41) is 0. The zero-order chi connectivity index (χ0) is 55.8. The molecule has 1 fully saturated rings. The Bertz CT molecular complexity index is 3600. The van der Waals surface area contributed by atoms with Gasteiger partial charge >= 0.3 is 0 Å². The van der Waals surface area contributed by atoms with E-state index < -0.39 is 0 Å². The lowest BCUT2D eigenvalue weighted by atomic mass is 9.33. The van der Waals surface area contributed by atoms with E-state index in [1.54, 1.807) is 0 Å². The monoisotopic (exact) mass is 1030 g/mol. The molecule has 2 aliphatic carbocycles. The molecule has 0 spiro atoms. The Kier molecular flexibility index (Phi) is 11.5. The van der Waals surface area contributed by atoms with Crippen molar-refractivity contribution in [3.8, 4) is 11.1 Å². The maximum Gasteiger partial charge on any atom is 0.252 e. The molecule has 402 valence electrons. The Morgan fingerprint density at radius 1 is 0.410 bits per heavy atom. The fourth-order valence-corrected chi connectivity index (χ4v) is 15.0. The van der Waals surface area contributed by atoms with Crippen molar-refractivity contribution in [2.45, 2.75) is 207 Å². The van der Waals surface area contributed by atoms with E-state index in [-0.39, 0.29) is 50.2 Å². The molecule has 2 unspecified atom stereocenters. The van der Waals surface area contributed by atoms with Gasteiger partial charge in [-0.3, -0.25) is 0 Å². The summed E-state index contributed by atoms with van der Waals surface area (Å²) >= 11 is 0.